The highest BCUT2D eigenvalue weighted by Crippen LogP contribution is 2.32. The second-order valence-corrected chi connectivity index (χ2v) is 11.8. The van der Waals surface area contributed by atoms with Gasteiger partial charge in [0.2, 0.25) is 5.91 Å². The van der Waals surface area contributed by atoms with E-state index in [0.29, 0.717) is 32.8 Å². The number of allylic oxidation sites excluding steroid dienone is 1. The van der Waals surface area contributed by atoms with Crippen molar-refractivity contribution in [3.63, 3.8) is 0 Å². The molecule has 12 nitrogen and oxygen atoms in total. The summed E-state index contributed by atoms with van der Waals surface area (Å²) in [6.07, 6.45) is 7.64. The van der Waals surface area contributed by atoms with Gasteiger partial charge in [0.05, 0.1) is 18.9 Å². The van der Waals surface area contributed by atoms with Gasteiger partial charge < -0.3 is 9.64 Å². The van der Waals surface area contributed by atoms with Crippen LogP contribution in [0.25, 0.3) is 0 Å². The summed E-state index contributed by atoms with van der Waals surface area (Å²) in [5.74, 6) is 0.553. The van der Waals surface area contributed by atoms with Crippen molar-refractivity contribution in [2.45, 2.75) is 81.8 Å². The van der Waals surface area contributed by atoms with E-state index in [0.717, 1.165) is 25.3 Å². The maximum Gasteiger partial charge on any atom is 0.246 e. The topological polar surface area (TPSA) is 120 Å². The largest absolute Gasteiger partial charge is 0.490 e. The number of rotatable bonds is 6. The van der Waals surface area contributed by atoms with E-state index in [4.69, 9.17) is 4.74 Å². The molecule has 7 N–H and O–H groups in total. The van der Waals surface area contributed by atoms with E-state index in [-0.39, 0.29) is 60.7 Å². The van der Waals surface area contributed by atoms with Crippen LogP contribution in [0, 0.1) is 5.92 Å². The number of carbonyl (C=O) groups is 1. The van der Waals surface area contributed by atoms with E-state index < -0.39 is 6.17 Å². The van der Waals surface area contributed by atoms with E-state index in [1.807, 2.05) is 35.2 Å². The van der Waals surface area contributed by atoms with Gasteiger partial charge in [0.15, 0.2) is 0 Å². The summed E-state index contributed by atoms with van der Waals surface area (Å²) in [5, 5.41) is 23.5. The average molecular weight is 561 g/mol. The maximum absolute atomic E-state index is 15.9. The van der Waals surface area contributed by atoms with Crippen molar-refractivity contribution in [1.29, 1.82) is 0 Å². The summed E-state index contributed by atoms with van der Waals surface area (Å²) in [6.45, 7) is 12.0. The Morgan fingerprint density at radius 1 is 1.18 bits per heavy atom. The van der Waals surface area contributed by atoms with Crippen LogP contribution < -0.4 is 37.3 Å². The molecule has 6 aliphatic rings. The van der Waals surface area contributed by atoms with Crippen LogP contribution in [-0.2, 0) is 9.53 Å². The molecule has 0 aromatic rings. The van der Waals surface area contributed by atoms with Crippen LogP contribution in [0.4, 0.5) is 4.39 Å². The molecule has 0 bridgehead atoms. The number of carbonyl (C=O) groups excluding carboxylic acids is 1. The Hall–Kier alpha value is -2.10. The van der Waals surface area contributed by atoms with Crippen molar-refractivity contribution in [1.82, 2.24) is 52.1 Å². The molecule has 4 saturated heterocycles. The fourth-order valence-electron chi connectivity index (χ4n) is 6.99. The number of hydrogen-bond acceptors (Lipinski definition) is 11. The van der Waals surface area contributed by atoms with Crippen LogP contribution in [0.5, 0.6) is 0 Å². The van der Waals surface area contributed by atoms with E-state index in [9.17, 15) is 4.79 Å². The maximum atomic E-state index is 15.9. The number of amides is 1. The minimum atomic E-state index is -1.02. The first kappa shape index (κ1) is 28.0. The fraction of sp³-hybridized carbons (Fsp3) is 0.741. The number of piperazine rings is 1. The molecule has 0 aromatic carbocycles. The number of nitrogens with zero attached hydrogens (tertiary/aromatic N) is 3. The van der Waals surface area contributed by atoms with Crippen molar-refractivity contribution >= 4 is 5.91 Å². The Morgan fingerprint density at radius 2 is 2.05 bits per heavy atom. The van der Waals surface area contributed by atoms with Crippen molar-refractivity contribution in [2.24, 2.45) is 5.92 Å². The zero-order valence-corrected chi connectivity index (χ0v) is 23.5. The molecule has 1 aliphatic carbocycles. The summed E-state index contributed by atoms with van der Waals surface area (Å²) < 4.78 is 22.2. The summed E-state index contributed by atoms with van der Waals surface area (Å²) in [5.41, 5.74) is 3.22. The van der Waals surface area contributed by atoms with Gasteiger partial charge in [-0.1, -0.05) is 13.5 Å². The first-order valence-electron chi connectivity index (χ1n) is 14.8. The standard InChI is InChI=1S/C27H45FN10O2/c1-4-23(39)36-9-10-37(16(2)13-36)27-29-12-20-25(35-27)26(32-14-30-20)34-19-5-6-21(17(3)24(19)28)40-18-7-8-38-22(11-18)31-15-33-38/h4,7-8,11,16-17,19-22,24-27,29-35H,1,5-6,9-10,12-15H2,2-3H3/t16-,17?,19?,20?,21?,22?,24?,25?,26?,27?/m0/s1. The van der Waals surface area contributed by atoms with E-state index in [1.54, 1.807) is 0 Å². The summed E-state index contributed by atoms with van der Waals surface area (Å²) in [4.78, 5) is 16.3. The van der Waals surface area contributed by atoms with E-state index in [2.05, 4.69) is 55.7 Å². The van der Waals surface area contributed by atoms with Crippen LogP contribution in [-0.4, -0.2) is 115 Å². The fourth-order valence-corrected chi connectivity index (χ4v) is 6.99. The van der Waals surface area contributed by atoms with Crippen LogP contribution in [0.15, 0.2) is 36.8 Å². The van der Waals surface area contributed by atoms with Gasteiger partial charge in [-0.15, -0.1) is 0 Å². The normalized spacial score (nSPS) is 42.1. The van der Waals surface area contributed by atoms with Gasteiger partial charge in [-0.2, -0.15) is 0 Å². The third kappa shape index (κ3) is 5.66. The zero-order chi connectivity index (χ0) is 27.8. The highest BCUT2D eigenvalue weighted by Gasteiger charge is 2.45. The van der Waals surface area contributed by atoms with Gasteiger partial charge in [-0.3, -0.25) is 46.6 Å². The smallest absolute Gasteiger partial charge is 0.246 e. The average Bonchev–Trinajstić information content (AvgIpc) is 3.44. The number of alkyl halides is 1. The zero-order valence-electron chi connectivity index (χ0n) is 23.5. The van der Waals surface area contributed by atoms with Crippen molar-refractivity contribution in [2.75, 3.05) is 39.5 Å². The summed E-state index contributed by atoms with van der Waals surface area (Å²) in [6, 6.07) is 0.233. The molecule has 0 radical (unpaired) electrons. The van der Waals surface area contributed by atoms with Crippen molar-refractivity contribution in [3.05, 3.63) is 36.8 Å². The van der Waals surface area contributed by atoms with Gasteiger partial charge in [0.1, 0.15) is 30.5 Å². The monoisotopic (exact) mass is 560 g/mol. The lowest BCUT2D eigenvalue weighted by Gasteiger charge is -2.52. The highest BCUT2D eigenvalue weighted by atomic mass is 19.1. The second-order valence-electron chi connectivity index (χ2n) is 11.8. The molecule has 5 aliphatic heterocycles. The minimum absolute atomic E-state index is 0.0158. The Morgan fingerprint density at radius 3 is 2.88 bits per heavy atom. The van der Waals surface area contributed by atoms with Crippen molar-refractivity contribution < 1.29 is 13.9 Å². The Labute approximate surface area is 236 Å². The lowest BCUT2D eigenvalue weighted by atomic mass is 9.82. The predicted molar refractivity (Wildman–Crippen MR) is 149 cm³/mol. The molecule has 5 fully saturated rings. The first-order chi connectivity index (χ1) is 19.4. The second kappa shape index (κ2) is 12.0. The van der Waals surface area contributed by atoms with E-state index >= 15 is 4.39 Å². The lowest BCUT2D eigenvalue weighted by molar-refractivity contribution is -0.130. The third-order valence-corrected chi connectivity index (χ3v) is 9.37. The molecule has 5 heterocycles. The molecular weight excluding hydrogens is 515 g/mol. The first-order valence-corrected chi connectivity index (χ1v) is 14.8. The SMILES string of the molecule is C=CC(=O)N1CCN(C2NCC3NCNC(NC4CCC(OC5=CC6NCNN6C=C5)C(C)C4F)C3N2)[C@@H](C)C1. The predicted octanol–water partition coefficient (Wildman–Crippen LogP) is -1.39. The van der Waals surface area contributed by atoms with Gasteiger partial charge in [0.25, 0.3) is 0 Å². The Bertz CT molecular complexity index is 998. The number of nitrogens with one attached hydrogen (secondary N) is 7. The summed E-state index contributed by atoms with van der Waals surface area (Å²) >= 11 is 0. The molecule has 13 heteroatoms. The number of hydrogen-bond donors (Lipinski definition) is 7. The Kier molecular flexibility index (Phi) is 8.43. The van der Waals surface area contributed by atoms with Gasteiger partial charge in [0, 0.05) is 63.1 Å². The van der Waals surface area contributed by atoms with Gasteiger partial charge in [-0.25, -0.2) is 9.82 Å². The number of ether oxygens (including phenoxy) is 1. The molecule has 1 amide bonds. The molecule has 10 atom stereocenters. The number of halogens is 1. The third-order valence-electron chi connectivity index (χ3n) is 9.37. The van der Waals surface area contributed by atoms with E-state index in [1.165, 1.54) is 6.08 Å². The molecule has 1 saturated carbocycles. The van der Waals surface area contributed by atoms with Crippen LogP contribution >= 0.6 is 0 Å². The van der Waals surface area contributed by atoms with Gasteiger partial charge >= 0.3 is 0 Å². The van der Waals surface area contributed by atoms with Crippen molar-refractivity contribution in [3.8, 4) is 0 Å². The molecule has 0 spiro atoms. The van der Waals surface area contributed by atoms with Crippen LogP contribution in [0.1, 0.15) is 26.7 Å². The molecule has 9 unspecified atom stereocenters. The highest BCUT2D eigenvalue weighted by molar-refractivity contribution is 5.87. The quantitative estimate of drug-likeness (QED) is 0.195. The number of hydrazine groups is 1. The Balaban J connectivity index is 1.04. The number of fused-ring (bicyclic) bond motifs is 2. The summed E-state index contributed by atoms with van der Waals surface area (Å²) in [7, 11) is 0. The van der Waals surface area contributed by atoms with Crippen LogP contribution in [0.2, 0.25) is 0 Å². The van der Waals surface area contributed by atoms with Crippen LogP contribution in [0.3, 0.4) is 0 Å². The minimum Gasteiger partial charge on any atom is -0.490 e. The lowest BCUT2D eigenvalue weighted by Crippen LogP contribution is -2.80. The molecule has 6 rings (SSSR count). The van der Waals surface area contributed by atoms with Gasteiger partial charge in [-0.05, 0) is 38.0 Å². The molecular formula is C27H45FN10O2. The molecule has 222 valence electrons. The molecule has 40 heavy (non-hydrogen) atoms. The molecule has 0 aromatic heterocycles.